The Morgan fingerprint density at radius 1 is 1.11 bits per heavy atom. The minimum absolute atomic E-state index is 0.135. The van der Waals surface area contributed by atoms with Crippen molar-refractivity contribution in [2.75, 3.05) is 26.3 Å². The first-order chi connectivity index (χ1) is 9.18. The molecule has 1 fully saturated rings. The molecule has 0 aromatic carbocycles. The summed E-state index contributed by atoms with van der Waals surface area (Å²) in [6.07, 6.45) is 4.53. The van der Waals surface area contributed by atoms with E-state index in [1.54, 1.807) is 0 Å². The molecule has 0 atom stereocenters. The van der Waals surface area contributed by atoms with Gasteiger partial charge in [-0.3, -0.25) is 4.79 Å². The smallest absolute Gasteiger partial charge is 0.314 e. The number of amides is 2. The van der Waals surface area contributed by atoms with Crippen molar-refractivity contribution in [3.63, 3.8) is 0 Å². The van der Waals surface area contributed by atoms with Crippen LogP contribution < -0.4 is 10.6 Å². The Balaban J connectivity index is 1.91. The highest BCUT2D eigenvalue weighted by molar-refractivity contribution is 5.73. The van der Waals surface area contributed by atoms with Gasteiger partial charge < -0.3 is 20.5 Å². The molecule has 0 aliphatic carbocycles. The summed E-state index contributed by atoms with van der Waals surface area (Å²) in [4.78, 5) is 21.8. The zero-order chi connectivity index (χ0) is 13.9. The molecule has 1 heterocycles. The number of ether oxygens (including phenoxy) is 1. The summed E-state index contributed by atoms with van der Waals surface area (Å²) in [7, 11) is 0. The second-order valence-corrected chi connectivity index (χ2v) is 4.90. The second kappa shape index (κ2) is 9.61. The van der Waals surface area contributed by atoms with Gasteiger partial charge in [-0.1, -0.05) is 6.42 Å². The predicted molar refractivity (Wildman–Crippen MR) is 71.0 cm³/mol. The number of carboxylic acids is 1. The lowest BCUT2D eigenvalue weighted by molar-refractivity contribution is -0.137. The molecule has 0 spiro atoms. The maximum absolute atomic E-state index is 11.5. The third-order valence-electron chi connectivity index (χ3n) is 3.25. The van der Waals surface area contributed by atoms with Crippen LogP contribution >= 0.6 is 0 Å². The standard InChI is InChI=1S/C13H24N2O4/c16-12(17)4-2-1-3-7-14-13(18)15-10-11-5-8-19-9-6-11/h11H,1-10H2,(H,16,17)(H2,14,15,18). The molecule has 2 amide bonds. The Hall–Kier alpha value is -1.30. The van der Waals surface area contributed by atoms with Gasteiger partial charge in [-0.05, 0) is 31.6 Å². The Morgan fingerprint density at radius 2 is 1.84 bits per heavy atom. The highest BCUT2D eigenvalue weighted by Crippen LogP contribution is 2.12. The number of unbranched alkanes of at least 4 members (excludes halogenated alkanes) is 2. The van der Waals surface area contributed by atoms with E-state index in [-0.39, 0.29) is 12.5 Å². The summed E-state index contributed by atoms with van der Waals surface area (Å²) < 4.78 is 5.26. The van der Waals surface area contributed by atoms with Crippen LogP contribution in [0.5, 0.6) is 0 Å². The first-order valence-electron chi connectivity index (χ1n) is 6.99. The van der Waals surface area contributed by atoms with E-state index in [1.165, 1.54) is 0 Å². The number of carbonyl (C=O) groups excluding carboxylic acids is 1. The van der Waals surface area contributed by atoms with E-state index >= 15 is 0 Å². The van der Waals surface area contributed by atoms with Crippen LogP contribution in [0.3, 0.4) is 0 Å². The van der Waals surface area contributed by atoms with Gasteiger partial charge in [-0.25, -0.2) is 4.79 Å². The van der Waals surface area contributed by atoms with Gasteiger partial charge in [0.2, 0.25) is 0 Å². The number of hydrogen-bond donors (Lipinski definition) is 3. The molecule has 6 heteroatoms. The van der Waals surface area contributed by atoms with E-state index < -0.39 is 5.97 Å². The molecule has 19 heavy (non-hydrogen) atoms. The first-order valence-corrected chi connectivity index (χ1v) is 6.99. The van der Waals surface area contributed by atoms with Crippen LogP contribution in [-0.2, 0) is 9.53 Å². The van der Waals surface area contributed by atoms with Crippen molar-refractivity contribution in [2.45, 2.75) is 38.5 Å². The SMILES string of the molecule is O=C(O)CCCCCNC(=O)NCC1CCOCC1. The molecular formula is C13H24N2O4. The van der Waals surface area contributed by atoms with Crippen LogP contribution in [0.4, 0.5) is 4.79 Å². The molecule has 0 bridgehead atoms. The van der Waals surface area contributed by atoms with E-state index in [0.29, 0.717) is 25.4 Å². The molecule has 1 aliphatic rings. The van der Waals surface area contributed by atoms with E-state index in [4.69, 9.17) is 9.84 Å². The lowest BCUT2D eigenvalue weighted by Gasteiger charge is -2.22. The number of hydrogen-bond acceptors (Lipinski definition) is 3. The molecule has 0 aromatic rings. The summed E-state index contributed by atoms with van der Waals surface area (Å²) >= 11 is 0. The Kier molecular flexibility index (Phi) is 7.97. The van der Waals surface area contributed by atoms with Crippen molar-refractivity contribution >= 4 is 12.0 Å². The molecule has 3 N–H and O–H groups in total. The average molecular weight is 272 g/mol. The summed E-state index contributed by atoms with van der Waals surface area (Å²) in [5, 5.41) is 14.1. The summed E-state index contributed by atoms with van der Waals surface area (Å²) in [6.45, 7) is 2.88. The van der Waals surface area contributed by atoms with Gasteiger partial charge in [0.15, 0.2) is 0 Å². The van der Waals surface area contributed by atoms with Gasteiger partial charge in [0.05, 0.1) is 0 Å². The highest BCUT2D eigenvalue weighted by atomic mass is 16.5. The fraction of sp³-hybridized carbons (Fsp3) is 0.846. The zero-order valence-electron chi connectivity index (χ0n) is 11.3. The molecule has 110 valence electrons. The zero-order valence-corrected chi connectivity index (χ0v) is 11.3. The quantitative estimate of drug-likeness (QED) is 0.582. The number of nitrogens with one attached hydrogen (secondary N) is 2. The Bertz CT molecular complexity index is 278. The van der Waals surface area contributed by atoms with Crippen LogP contribution in [-0.4, -0.2) is 43.4 Å². The molecular weight excluding hydrogens is 248 g/mol. The Morgan fingerprint density at radius 3 is 2.53 bits per heavy atom. The maximum atomic E-state index is 11.5. The van der Waals surface area contributed by atoms with Crippen molar-refractivity contribution < 1.29 is 19.4 Å². The highest BCUT2D eigenvalue weighted by Gasteiger charge is 2.14. The second-order valence-electron chi connectivity index (χ2n) is 4.90. The van der Waals surface area contributed by atoms with Gasteiger partial charge >= 0.3 is 12.0 Å². The molecule has 6 nitrogen and oxygen atoms in total. The van der Waals surface area contributed by atoms with Crippen molar-refractivity contribution in [2.24, 2.45) is 5.92 Å². The number of urea groups is 1. The number of carbonyl (C=O) groups is 2. The number of carboxylic acid groups (broad SMARTS) is 1. The number of aliphatic carboxylic acids is 1. The summed E-state index contributed by atoms with van der Waals surface area (Å²) in [5.74, 6) is -0.239. The van der Waals surface area contributed by atoms with Crippen molar-refractivity contribution in [1.82, 2.24) is 10.6 Å². The maximum Gasteiger partial charge on any atom is 0.314 e. The van der Waals surface area contributed by atoms with Crippen LogP contribution in [0.2, 0.25) is 0 Å². The van der Waals surface area contributed by atoms with Crippen LogP contribution in [0, 0.1) is 5.92 Å². The van der Waals surface area contributed by atoms with E-state index in [2.05, 4.69) is 10.6 Å². The fourth-order valence-electron chi connectivity index (χ4n) is 2.03. The minimum atomic E-state index is -0.762. The monoisotopic (exact) mass is 272 g/mol. The molecule has 0 unspecified atom stereocenters. The lowest BCUT2D eigenvalue weighted by Crippen LogP contribution is -2.39. The minimum Gasteiger partial charge on any atom is -0.481 e. The lowest BCUT2D eigenvalue weighted by atomic mass is 10.0. The van der Waals surface area contributed by atoms with Crippen LogP contribution in [0.25, 0.3) is 0 Å². The van der Waals surface area contributed by atoms with Crippen molar-refractivity contribution in [1.29, 1.82) is 0 Å². The fourth-order valence-corrected chi connectivity index (χ4v) is 2.03. The van der Waals surface area contributed by atoms with E-state index in [1.807, 2.05) is 0 Å². The normalized spacial score (nSPS) is 16.0. The van der Waals surface area contributed by atoms with Gasteiger partial charge in [0, 0.05) is 32.7 Å². The molecule has 0 saturated carbocycles. The topological polar surface area (TPSA) is 87.7 Å². The van der Waals surface area contributed by atoms with Gasteiger partial charge in [0.1, 0.15) is 0 Å². The van der Waals surface area contributed by atoms with E-state index in [0.717, 1.165) is 38.9 Å². The third kappa shape index (κ3) is 8.42. The van der Waals surface area contributed by atoms with Crippen molar-refractivity contribution in [3.8, 4) is 0 Å². The molecule has 1 saturated heterocycles. The van der Waals surface area contributed by atoms with E-state index in [9.17, 15) is 9.59 Å². The number of rotatable bonds is 8. The molecule has 0 aromatic heterocycles. The van der Waals surface area contributed by atoms with Crippen LogP contribution in [0.1, 0.15) is 38.5 Å². The van der Waals surface area contributed by atoms with Crippen LogP contribution in [0.15, 0.2) is 0 Å². The predicted octanol–water partition coefficient (Wildman–Crippen LogP) is 1.36. The molecule has 0 radical (unpaired) electrons. The van der Waals surface area contributed by atoms with Crippen molar-refractivity contribution in [3.05, 3.63) is 0 Å². The average Bonchev–Trinajstić information content (AvgIpc) is 2.41. The summed E-state index contributed by atoms with van der Waals surface area (Å²) in [5.41, 5.74) is 0. The molecule has 1 rings (SSSR count). The molecule has 1 aliphatic heterocycles. The first kappa shape index (κ1) is 15.8. The van der Waals surface area contributed by atoms with Gasteiger partial charge in [-0.15, -0.1) is 0 Å². The summed E-state index contributed by atoms with van der Waals surface area (Å²) in [6, 6.07) is -0.135. The third-order valence-corrected chi connectivity index (χ3v) is 3.25. The Labute approximate surface area is 113 Å². The largest absolute Gasteiger partial charge is 0.481 e. The van der Waals surface area contributed by atoms with Gasteiger partial charge in [-0.2, -0.15) is 0 Å². The van der Waals surface area contributed by atoms with Gasteiger partial charge in [0.25, 0.3) is 0 Å².